The molecule has 0 aliphatic carbocycles. The minimum atomic E-state index is 0.535. The first-order chi connectivity index (χ1) is 39.6. The van der Waals surface area contributed by atoms with E-state index in [1.807, 2.05) is 24.3 Å². The average molecular weight is 1020 g/mol. The van der Waals surface area contributed by atoms with E-state index >= 15 is 0 Å². The third-order valence-corrected chi connectivity index (χ3v) is 14.7. The summed E-state index contributed by atoms with van der Waals surface area (Å²) in [5, 5.41) is 2.34. The molecule has 2 aromatic heterocycles. The molecule has 0 fully saturated rings. The lowest BCUT2D eigenvalue weighted by atomic mass is 9.91. The molecule has 0 spiro atoms. The third-order valence-electron chi connectivity index (χ3n) is 14.7. The molecule has 0 atom stereocenters. The Morgan fingerprint density at radius 3 is 1.40 bits per heavy atom. The van der Waals surface area contributed by atoms with Gasteiger partial charge in [-0.25, -0.2) is 15.0 Å². The number of fused-ring (bicyclic) bond motifs is 3. The van der Waals surface area contributed by atoms with Crippen molar-refractivity contribution >= 4 is 44.4 Å². The Balaban J connectivity index is 1.11. The molecule has 0 radical (unpaired) electrons. The monoisotopic (exact) mass is 1020 g/mol. The van der Waals surface area contributed by atoms with Crippen molar-refractivity contribution in [1.82, 2.24) is 19.5 Å². The summed E-state index contributed by atoms with van der Waals surface area (Å²) in [6.07, 6.45) is 5.65. The van der Waals surface area contributed by atoms with E-state index in [0.29, 0.717) is 17.5 Å². The van der Waals surface area contributed by atoms with E-state index in [1.165, 1.54) is 5.39 Å². The van der Waals surface area contributed by atoms with Crippen LogP contribution in [-0.4, -0.2) is 19.5 Å². The van der Waals surface area contributed by atoms with E-state index in [-0.39, 0.29) is 0 Å². The second kappa shape index (κ2) is 21.7. The summed E-state index contributed by atoms with van der Waals surface area (Å²) in [7, 11) is 0. The first-order valence-corrected chi connectivity index (χ1v) is 26.9. The highest BCUT2D eigenvalue weighted by atomic mass is 15.2. The molecule has 0 aliphatic rings. The quantitative estimate of drug-likeness (QED) is 0.102. The number of hydrogen-bond acceptors (Lipinski definition) is 4. The van der Waals surface area contributed by atoms with Gasteiger partial charge < -0.3 is 9.47 Å². The second-order valence-electron chi connectivity index (χ2n) is 19.7. The largest absolute Gasteiger partial charge is 0.307 e. The highest BCUT2D eigenvalue weighted by Gasteiger charge is 2.28. The van der Waals surface area contributed by atoms with Gasteiger partial charge >= 0.3 is 0 Å². The van der Waals surface area contributed by atoms with Crippen LogP contribution in [0.15, 0.2) is 310 Å². The fourth-order valence-corrected chi connectivity index (χ4v) is 11.0. The number of anilines is 3. The molecule has 0 N–H and O–H groups in total. The number of nitrogens with zero attached hydrogens (tertiary/aromatic N) is 5. The van der Waals surface area contributed by atoms with Gasteiger partial charge in [0, 0.05) is 50.0 Å². The molecule has 0 bridgehead atoms. The molecule has 13 aromatic rings. The van der Waals surface area contributed by atoms with Crippen molar-refractivity contribution in [2.45, 2.75) is 0 Å². The maximum Gasteiger partial charge on any atom is 0.164 e. The predicted octanol–water partition coefficient (Wildman–Crippen LogP) is 19.9. The molecule has 0 saturated carbocycles. The summed E-state index contributed by atoms with van der Waals surface area (Å²) in [4.78, 5) is 18.8. The lowest BCUT2D eigenvalue weighted by Crippen LogP contribution is -2.14. The fourth-order valence-electron chi connectivity index (χ4n) is 11.0. The number of para-hydroxylation sites is 4. The smallest absolute Gasteiger partial charge is 0.164 e. The molecular weight excluding hydrogens is 971 g/mol. The summed E-state index contributed by atoms with van der Waals surface area (Å²) in [6, 6.07) is 98.7. The Morgan fingerprint density at radius 2 is 0.825 bits per heavy atom. The highest BCUT2D eigenvalue weighted by molar-refractivity contribution is 6.15. The SMILES string of the molecule is C=C/C=C(\C=C)c1cc(-c2ccccc2)cc(-c2nc(-c3ccc(-c4ccccc4)cc3)nc(-c3cc(-c4ccccc4)c(N(c4ccccc4)c4cccc5c6ccccc6n(-c6ccccc6)c45)c(-c4ccccc4)c3)n2)c1. The zero-order chi connectivity index (χ0) is 53.8. The predicted molar refractivity (Wildman–Crippen MR) is 335 cm³/mol. The van der Waals surface area contributed by atoms with Crippen LogP contribution in [0.1, 0.15) is 5.56 Å². The van der Waals surface area contributed by atoms with E-state index < -0.39 is 0 Å². The molecular formula is C75H53N5. The van der Waals surface area contributed by atoms with Crippen molar-refractivity contribution in [3.8, 4) is 84.4 Å². The topological polar surface area (TPSA) is 46.8 Å². The summed E-state index contributed by atoms with van der Waals surface area (Å²) in [5.74, 6) is 1.63. The van der Waals surface area contributed by atoms with Gasteiger partial charge in [0.2, 0.25) is 0 Å². The van der Waals surface area contributed by atoms with Crippen LogP contribution in [-0.2, 0) is 0 Å². The number of benzene rings is 11. The highest BCUT2D eigenvalue weighted by Crippen LogP contribution is 2.51. The van der Waals surface area contributed by atoms with Crippen LogP contribution in [0.5, 0.6) is 0 Å². The molecule has 5 heteroatoms. The molecule has 378 valence electrons. The van der Waals surface area contributed by atoms with Crippen LogP contribution in [0, 0.1) is 0 Å². The van der Waals surface area contributed by atoms with Crippen molar-refractivity contribution in [3.63, 3.8) is 0 Å². The van der Waals surface area contributed by atoms with Gasteiger partial charge in [0.1, 0.15) is 0 Å². The number of hydrogen-bond donors (Lipinski definition) is 0. The first-order valence-electron chi connectivity index (χ1n) is 26.9. The van der Waals surface area contributed by atoms with Crippen molar-refractivity contribution in [1.29, 1.82) is 0 Å². The fraction of sp³-hybridized carbons (Fsp3) is 0. The van der Waals surface area contributed by atoms with E-state index in [4.69, 9.17) is 15.0 Å². The maximum atomic E-state index is 5.54. The molecule has 11 aromatic carbocycles. The number of allylic oxidation sites excluding steroid dienone is 4. The summed E-state index contributed by atoms with van der Waals surface area (Å²) in [6.45, 7) is 8.24. The second-order valence-corrected chi connectivity index (χ2v) is 19.7. The maximum absolute atomic E-state index is 5.54. The van der Waals surface area contributed by atoms with Gasteiger partial charge in [-0.05, 0) is 111 Å². The van der Waals surface area contributed by atoms with E-state index in [2.05, 4.69) is 290 Å². The number of rotatable bonds is 14. The zero-order valence-corrected chi connectivity index (χ0v) is 43.9. The normalized spacial score (nSPS) is 11.4. The Hall–Kier alpha value is -10.8. The third kappa shape index (κ3) is 9.39. The van der Waals surface area contributed by atoms with E-state index in [1.54, 1.807) is 6.08 Å². The Bertz CT molecular complexity index is 4340. The van der Waals surface area contributed by atoms with Crippen LogP contribution in [0.3, 0.4) is 0 Å². The minimum Gasteiger partial charge on any atom is -0.307 e. The van der Waals surface area contributed by atoms with Crippen LogP contribution in [0.4, 0.5) is 17.1 Å². The van der Waals surface area contributed by atoms with Gasteiger partial charge in [0.25, 0.3) is 0 Å². The van der Waals surface area contributed by atoms with Crippen LogP contribution >= 0.6 is 0 Å². The van der Waals surface area contributed by atoms with Crippen molar-refractivity contribution in [2.24, 2.45) is 0 Å². The lowest BCUT2D eigenvalue weighted by Gasteiger charge is -2.32. The molecule has 0 amide bonds. The summed E-state index contributed by atoms with van der Waals surface area (Å²) in [5.41, 5.74) is 19.2. The minimum absolute atomic E-state index is 0.535. The first kappa shape index (κ1) is 48.9. The van der Waals surface area contributed by atoms with E-state index in [9.17, 15) is 0 Å². The molecule has 80 heavy (non-hydrogen) atoms. The van der Waals surface area contributed by atoms with E-state index in [0.717, 1.165) is 112 Å². The van der Waals surface area contributed by atoms with Gasteiger partial charge in [-0.2, -0.15) is 0 Å². The van der Waals surface area contributed by atoms with Gasteiger partial charge in [-0.3, -0.25) is 0 Å². The molecule has 2 heterocycles. The molecule has 0 saturated heterocycles. The van der Waals surface area contributed by atoms with Crippen molar-refractivity contribution in [3.05, 3.63) is 316 Å². The number of aromatic nitrogens is 4. The standard InChI is InChI=1S/C75H53N5/c1-3-26-52(4-2)59-47-60(54-29-13-6-14-30-54)49-61(48-59)74-76-73(58-45-43-55(44-46-58)53-27-11-5-12-28-53)77-75(78-74)62-50-67(56-31-15-7-16-32-56)71(68(51-62)57-33-17-8-18-34-57)80(64-37-21-10-22-38-64)70-42-25-40-66-65-39-23-24-41-69(65)79(72(66)70)63-35-19-9-20-36-63/h3-51H,1-2H2/b52-26+. The van der Waals surface area contributed by atoms with Gasteiger partial charge in [-0.1, -0.05) is 244 Å². The summed E-state index contributed by atoms with van der Waals surface area (Å²) >= 11 is 0. The zero-order valence-electron chi connectivity index (χ0n) is 43.9. The molecule has 0 unspecified atom stereocenters. The summed E-state index contributed by atoms with van der Waals surface area (Å²) < 4.78 is 2.42. The molecule has 0 aliphatic heterocycles. The Labute approximate surface area is 466 Å². The molecule has 13 rings (SSSR count). The van der Waals surface area contributed by atoms with Crippen molar-refractivity contribution < 1.29 is 0 Å². The Kier molecular flexibility index (Phi) is 13.3. The van der Waals surface area contributed by atoms with Gasteiger partial charge in [0.15, 0.2) is 17.5 Å². The van der Waals surface area contributed by atoms with Crippen LogP contribution in [0.2, 0.25) is 0 Å². The Morgan fingerprint density at radius 1 is 0.375 bits per heavy atom. The average Bonchev–Trinajstić information content (AvgIpc) is 3.95. The van der Waals surface area contributed by atoms with Gasteiger partial charge in [0.05, 0.1) is 22.4 Å². The lowest BCUT2D eigenvalue weighted by molar-refractivity contribution is 1.07. The van der Waals surface area contributed by atoms with Crippen molar-refractivity contribution in [2.75, 3.05) is 4.90 Å². The van der Waals surface area contributed by atoms with Crippen LogP contribution < -0.4 is 4.90 Å². The molecule has 5 nitrogen and oxygen atoms in total. The van der Waals surface area contributed by atoms with Gasteiger partial charge in [-0.15, -0.1) is 0 Å². The van der Waals surface area contributed by atoms with Crippen LogP contribution in [0.25, 0.3) is 112 Å².